The molecule has 0 aromatic carbocycles. The minimum Gasteiger partial charge on any atom is -0.545 e. The molecule has 0 amide bonds. The Bertz CT molecular complexity index is 1020. The highest BCUT2D eigenvalue weighted by atomic mass is 16.7. The number of nitrogens with zero attached hydrogens (tertiary/aromatic N) is 1. The Labute approximate surface area is 343 Å². The van der Waals surface area contributed by atoms with Crippen LogP contribution in [-0.4, -0.2) is 82.3 Å². The minimum atomic E-state index is -1.62. The number of ether oxygens (including phenoxy) is 4. The smallest absolute Gasteiger partial charge is 0.306 e. The van der Waals surface area contributed by atoms with E-state index < -0.39 is 24.3 Å². The Balaban J connectivity index is 4.45. The number of esters is 2. The van der Waals surface area contributed by atoms with Crippen molar-refractivity contribution in [1.82, 2.24) is 0 Å². The zero-order valence-corrected chi connectivity index (χ0v) is 36.8. The SMILES string of the molecule is CCCCCC/C=C\C/C=C\CCCCCCCCCC(=O)OC(COC(=O)CCCCCCC/C=C\CCCCCC)COC(OCC[N+](C)(C)C)C(=O)[O-]. The van der Waals surface area contributed by atoms with Crippen molar-refractivity contribution in [2.45, 2.75) is 200 Å². The quantitative estimate of drug-likeness (QED) is 0.0198. The first-order valence-corrected chi connectivity index (χ1v) is 22.6. The molecule has 0 saturated heterocycles. The van der Waals surface area contributed by atoms with E-state index in [9.17, 15) is 19.5 Å². The van der Waals surface area contributed by atoms with Gasteiger partial charge in [-0.25, -0.2) is 0 Å². The van der Waals surface area contributed by atoms with Crippen molar-refractivity contribution in [3.63, 3.8) is 0 Å². The number of carboxylic acid groups (broad SMARTS) is 1. The molecule has 9 heteroatoms. The predicted molar refractivity (Wildman–Crippen MR) is 228 cm³/mol. The van der Waals surface area contributed by atoms with Gasteiger partial charge in [0.1, 0.15) is 13.2 Å². The molecule has 0 rings (SSSR count). The lowest BCUT2D eigenvalue weighted by Crippen LogP contribution is -2.44. The summed E-state index contributed by atoms with van der Waals surface area (Å²) in [5.41, 5.74) is 0. The number of unbranched alkanes of at least 4 members (excludes halogenated alkanes) is 20. The lowest BCUT2D eigenvalue weighted by molar-refractivity contribution is -0.870. The summed E-state index contributed by atoms with van der Waals surface area (Å²) in [6, 6.07) is 0. The van der Waals surface area contributed by atoms with Gasteiger partial charge in [-0.05, 0) is 70.6 Å². The van der Waals surface area contributed by atoms with Crippen molar-refractivity contribution >= 4 is 17.9 Å². The number of allylic oxidation sites excluding steroid dienone is 6. The van der Waals surface area contributed by atoms with Gasteiger partial charge < -0.3 is 33.3 Å². The lowest BCUT2D eigenvalue weighted by Gasteiger charge is -2.26. The van der Waals surface area contributed by atoms with Crippen LogP contribution in [0.1, 0.15) is 187 Å². The Morgan fingerprint density at radius 2 is 0.964 bits per heavy atom. The number of carbonyl (C=O) groups excluding carboxylic acids is 3. The fraction of sp³-hybridized carbons (Fsp3) is 0.809. The Morgan fingerprint density at radius 1 is 0.536 bits per heavy atom. The highest BCUT2D eigenvalue weighted by Gasteiger charge is 2.21. The molecule has 2 atom stereocenters. The Hall–Kier alpha value is -2.49. The van der Waals surface area contributed by atoms with Crippen molar-refractivity contribution in [2.24, 2.45) is 0 Å². The van der Waals surface area contributed by atoms with Crippen LogP contribution < -0.4 is 5.11 Å². The zero-order valence-electron chi connectivity index (χ0n) is 36.8. The van der Waals surface area contributed by atoms with Crippen LogP contribution in [0.15, 0.2) is 36.5 Å². The number of likely N-dealkylation sites (N-methyl/N-ethyl adjacent to an activating group) is 1. The van der Waals surface area contributed by atoms with Crippen molar-refractivity contribution in [2.75, 3.05) is 47.5 Å². The Morgan fingerprint density at radius 3 is 1.43 bits per heavy atom. The molecule has 0 saturated carbocycles. The summed E-state index contributed by atoms with van der Waals surface area (Å²) in [7, 11) is 5.90. The molecule has 2 unspecified atom stereocenters. The normalized spacial score (nSPS) is 13.2. The highest BCUT2D eigenvalue weighted by molar-refractivity contribution is 5.70. The van der Waals surface area contributed by atoms with Crippen LogP contribution in [0.25, 0.3) is 0 Å². The average molecular weight is 792 g/mol. The van der Waals surface area contributed by atoms with E-state index in [0.29, 0.717) is 17.4 Å². The molecular weight excluding hydrogens is 707 g/mol. The van der Waals surface area contributed by atoms with Gasteiger partial charge in [-0.1, -0.05) is 140 Å². The summed E-state index contributed by atoms with van der Waals surface area (Å²) in [5, 5.41) is 11.7. The largest absolute Gasteiger partial charge is 0.545 e. The van der Waals surface area contributed by atoms with E-state index >= 15 is 0 Å². The van der Waals surface area contributed by atoms with E-state index in [-0.39, 0.29) is 38.6 Å². The third-order valence-electron chi connectivity index (χ3n) is 9.61. The van der Waals surface area contributed by atoms with E-state index in [0.717, 1.165) is 70.6 Å². The fourth-order valence-electron chi connectivity index (χ4n) is 6.03. The maximum absolute atomic E-state index is 12.7. The molecule has 0 bridgehead atoms. The van der Waals surface area contributed by atoms with Crippen LogP contribution in [0.2, 0.25) is 0 Å². The van der Waals surface area contributed by atoms with E-state index in [1.54, 1.807) is 0 Å². The molecule has 0 spiro atoms. The van der Waals surface area contributed by atoms with E-state index in [1.165, 1.54) is 83.5 Å². The van der Waals surface area contributed by atoms with Crippen LogP contribution in [0.5, 0.6) is 0 Å². The summed E-state index contributed by atoms with van der Waals surface area (Å²) in [6.45, 7) is 4.68. The van der Waals surface area contributed by atoms with Crippen LogP contribution >= 0.6 is 0 Å². The second-order valence-corrected chi connectivity index (χ2v) is 16.3. The summed E-state index contributed by atoms with van der Waals surface area (Å²) in [4.78, 5) is 36.9. The molecule has 0 aromatic heterocycles. The number of quaternary nitrogens is 1. The predicted octanol–water partition coefficient (Wildman–Crippen LogP) is 10.5. The van der Waals surface area contributed by atoms with Crippen molar-refractivity contribution in [3.8, 4) is 0 Å². The molecule has 0 N–H and O–H groups in total. The summed E-state index contributed by atoms with van der Waals surface area (Å²) in [6.07, 6.45) is 40.2. The summed E-state index contributed by atoms with van der Waals surface area (Å²) < 4.78 is 22.5. The number of aliphatic carboxylic acids is 1. The first-order valence-electron chi connectivity index (χ1n) is 22.6. The summed E-state index contributed by atoms with van der Waals surface area (Å²) in [5.74, 6) is -2.31. The van der Waals surface area contributed by atoms with Gasteiger partial charge in [0.05, 0.1) is 40.3 Å². The van der Waals surface area contributed by atoms with Gasteiger partial charge in [0.15, 0.2) is 12.4 Å². The molecule has 0 aliphatic heterocycles. The topological polar surface area (TPSA) is 111 Å². The number of hydrogen-bond donors (Lipinski definition) is 0. The van der Waals surface area contributed by atoms with Gasteiger partial charge in [0, 0.05) is 12.8 Å². The van der Waals surface area contributed by atoms with Crippen LogP contribution in [-0.2, 0) is 33.3 Å². The van der Waals surface area contributed by atoms with Gasteiger partial charge in [0.2, 0.25) is 0 Å². The van der Waals surface area contributed by atoms with Crippen molar-refractivity contribution < 1.29 is 42.9 Å². The molecule has 0 heterocycles. The second kappa shape index (κ2) is 39.3. The van der Waals surface area contributed by atoms with Crippen LogP contribution in [0.3, 0.4) is 0 Å². The maximum atomic E-state index is 12.7. The molecule has 0 aliphatic rings. The molecule has 56 heavy (non-hydrogen) atoms. The number of rotatable bonds is 41. The maximum Gasteiger partial charge on any atom is 0.306 e. The number of hydrogen-bond acceptors (Lipinski definition) is 8. The van der Waals surface area contributed by atoms with Gasteiger partial charge in [-0.2, -0.15) is 0 Å². The molecule has 326 valence electrons. The van der Waals surface area contributed by atoms with Gasteiger partial charge in [-0.15, -0.1) is 0 Å². The lowest BCUT2D eigenvalue weighted by atomic mass is 10.1. The van der Waals surface area contributed by atoms with E-state index in [1.807, 2.05) is 21.1 Å². The highest BCUT2D eigenvalue weighted by Crippen LogP contribution is 2.13. The van der Waals surface area contributed by atoms with Crippen LogP contribution in [0.4, 0.5) is 0 Å². The third-order valence-corrected chi connectivity index (χ3v) is 9.61. The Kier molecular flexibility index (Phi) is 37.6. The van der Waals surface area contributed by atoms with Gasteiger partial charge >= 0.3 is 11.9 Å². The molecular formula is C47H85NO8. The third kappa shape index (κ3) is 39.7. The molecule has 0 aromatic rings. The van der Waals surface area contributed by atoms with Crippen molar-refractivity contribution in [1.29, 1.82) is 0 Å². The molecule has 0 radical (unpaired) electrons. The van der Waals surface area contributed by atoms with Gasteiger partial charge in [0.25, 0.3) is 0 Å². The van der Waals surface area contributed by atoms with Crippen molar-refractivity contribution in [3.05, 3.63) is 36.5 Å². The first-order chi connectivity index (χ1) is 27.1. The summed E-state index contributed by atoms with van der Waals surface area (Å²) >= 11 is 0. The minimum absolute atomic E-state index is 0.144. The first kappa shape index (κ1) is 53.5. The average Bonchev–Trinajstić information content (AvgIpc) is 3.15. The van der Waals surface area contributed by atoms with Crippen LogP contribution in [0, 0.1) is 0 Å². The second-order valence-electron chi connectivity index (χ2n) is 16.3. The van der Waals surface area contributed by atoms with E-state index in [4.69, 9.17) is 18.9 Å². The molecule has 0 aliphatic carbocycles. The van der Waals surface area contributed by atoms with E-state index in [2.05, 4.69) is 50.3 Å². The fourth-order valence-corrected chi connectivity index (χ4v) is 6.03. The molecule has 9 nitrogen and oxygen atoms in total. The zero-order chi connectivity index (χ0) is 41.4. The standard InChI is InChI=1S/C47H85NO8/c1-6-8-10-12-14-16-18-20-21-22-23-24-26-28-30-32-34-36-38-45(50)56-43(42-55-47(46(51)52)53-40-39-48(3,4)5)41-54-44(49)37-35-33-31-29-27-25-19-17-15-13-11-9-7-2/h16-19,21-22,43,47H,6-15,20,23-42H2,1-5H3/b18-16-,19-17-,22-21-. The van der Waals surface area contributed by atoms with Gasteiger partial charge in [-0.3, -0.25) is 9.59 Å². The number of carboxylic acids is 1. The number of carbonyl (C=O) groups is 3. The monoisotopic (exact) mass is 792 g/mol. The molecule has 0 fully saturated rings.